The second-order valence-corrected chi connectivity index (χ2v) is 3.03. The molecule has 0 aromatic heterocycles. The summed E-state index contributed by atoms with van der Waals surface area (Å²) in [4.78, 5) is 11.0. The molecule has 11 heavy (non-hydrogen) atoms. The molecule has 4 N–H and O–H groups in total. The fourth-order valence-electron chi connectivity index (χ4n) is 1.52. The van der Waals surface area contributed by atoms with Crippen molar-refractivity contribution in [2.24, 2.45) is 11.8 Å². The average Bonchev–Trinajstić information content (AvgIpc) is 2.03. The van der Waals surface area contributed by atoms with Crippen molar-refractivity contribution >= 4 is 5.91 Å². The smallest absolute Gasteiger partial charge is 0.237 e. The van der Waals surface area contributed by atoms with Crippen molar-refractivity contribution in [1.82, 2.24) is 5.43 Å². The standard InChI is InChI=1S/C7H14N2O2/c8-9-7(11)5-2-1-3-6(10)4-5/h5-6,10H,1-4,8H2,(H,9,11). The van der Waals surface area contributed by atoms with Crippen LogP contribution in [-0.4, -0.2) is 17.1 Å². The lowest BCUT2D eigenvalue weighted by Gasteiger charge is -2.23. The van der Waals surface area contributed by atoms with Gasteiger partial charge in [-0.05, 0) is 19.3 Å². The summed E-state index contributed by atoms with van der Waals surface area (Å²) in [6, 6.07) is 0. The fraction of sp³-hybridized carbons (Fsp3) is 0.857. The van der Waals surface area contributed by atoms with Crippen LogP contribution >= 0.6 is 0 Å². The van der Waals surface area contributed by atoms with Crippen LogP contribution in [0.4, 0.5) is 0 Å². The van der Waals surface area contributed by atoms with Crippen molar-refractivity contribution in [3.8, 4) is 0 Å². The maximum absolute atomic E-state index is 11.0. The van der Waals surface area contributed by atoms with Gasteiger partial charge >= 0.3 is 0 Å². The van der Waals surface area contributed by atoms with Crippen LogP contribution in [0.25, 0.3) is 0 Å². The summed E-state index contributed by atoms with van der Waals surface area (Å²) in [5, 5.41) is 9.20. The molecule has 1 saturated carbocycles. The Morgan fingerprint density at radius 3 is 2.82 bits per heavy atom. The molecule has 1 aliphatic rings. The van der Waals surface area contributed by atoms with Gasteiger partial charge in [0.15, 0.2) is 0 Å². The van der Waals surface area contributed by atoms with E-state index in [1.54, 1.807) is 0 Å². The number of hydrazine groups is 1. The maximum atomic E-state index is 11.0. The van der Waals surface area contributed by atoms with E-state index < -0.39 is 0 Å². The number of aliphatic hydroxyl groups is 1. The first-order chi connectivity index (χ1) is 5.24. The van der Waals surface area contributed by atoms with Crippen LogP contribution in [0.5, 0.6) is 0 Å². The number of carbonyl (C=O) groups is 1. The van der Waals surface area contributed by atoms with E-state index in [0.29, 0.717) is 6.42 Å². The molecule has 64 valence electrons. The van der Waals surface area contributed by atoms with E-state index in [1.165, 1.54) is 0 Å². The van der Waals surface area contributed by atoms with Crippen molar-refractivity contribution in [3.63, 3.8) is 0 Å². The Bertz CT molecular complexity index is 149. The van der Waals surface area contributed by atoms with Gasteiger partial charge in [0.05, 0.1) is 6.10 Å². The minimum absolute atomic E-state index is 0.0799. The first kappa shape index (κ1) is 8.49. The van der Waals surface area contributed by atoms with Gasteiger partial charge < -0.3 is 5.11 Å². The Balaban J connectivity index is 2.39. The zero-order valence-corrected chi connectivity index (χ0v) is 6.42. The average molecular weight is 158 g/mol. The molecule has 1 aliphatic carbocycles. The number of carbonyl (C=O) groups excluding carboxylic acids is 1. The van der Waals surface area contributed by atoms with E-state index in [9.17, 15) is 9.90 Å². The summed E-state index contributed by atoms with van der Waals surface area (Å²) in [5.41, 5.74) is 2.11. The molecule has 2 atom stereocenters. The van der Waals surface area contributed by atoms with Crippen LogP contribution < -0.4 is 11.3 Å². The van der Waals surface area contributed by atoms with Crippen molar-refractivity contribution in [2.45, 2.75) is 31.8 Å². The summed E-state index contributed by atoms with van der Waals surface area (Å²) < 4.78 is 0. The van der Waals surface area contributed by atoms with Crippen molar-refractivity contribution in [1.29, 1.82) is 0 Å². The van der Waals surface area contributed by atoms with Crippen LogP contribution in [0.2, 0.25) is 0 Å². The third kappa shape index (κ3) is 2.17. The van der Waals surface area contributed by atoms with E-state index >= 15 is 0 Å². The van der Waals surface area contributed by atoms with E-state index in [4.69, 9.17) is 5.84 Å². The van der Waals surface area contributed by atoms with Gasteiger partial charge in [-0.15, -0.1) is 0 Å². The highest BCUT2D eigenvalue weighted by Crippen LogP contribution is 2.23. The van der Waals surface area contributed by atoms with Gasteiger partial charge in [-0.1, -0.05) is 6.42 Å². The first-order valence-corrected chi connectivity index (χ1v) is 3.92. The number of nitrogens with two attached hydrogens (primary N) is 1. The van der Waals surface area contributed by atoms with Crippen molar-refractivity contribution in [3.05, 3.63) is 0 Å². The van der Waals surface area contributed by atoms with Crippen molar-refractivity contribution in [2.75, 3.05) is 0 Å². The zero-order chi connectivity index (χ0) is 8.27. The van der Waals surface area contributed by atoms with E-state index in [-0.39, 0.29) is 17.9 Å². The molecule has 0 saturated heterocycles. The Kier molecular flexibility index (Phi) is 2.84. The van der Waals surface area contributed by atoms with Gasteiger partial charge in [0, 0.05) is 5.92 Å². The van der Waals surface area contributed by atoms with Crippen LogP contribution in [0.1, 0.15) is 25.7 Å². The van der Waals surface area contributed by atoms with Crippen LogP contribution in [0.3, 0.4) is 0 Å². The largest absolute Gasteiger partial charge is 0.393 e. The highest BCUT2D eigenvalue weighted by molar-refractivity contribution is 5.78. The van der Waals surface area contributed by atoms with Gasteiger partial charge in [-0.25, -0.2) is 5.84 Å². The molecule has 0 radical (unpaired) electrons. The lowest BCUT2D eigenvalue weighted by Crippen LogP contribution is -2.38. The second-order valence-electron chi connectivity index (χ2n) is 3.03. The third-order valence-corrected chi connectivity index (χ3v) is 2.16. The highest BCUT2D eigenvalue weighted by Gasteiger charge is 2.25. The number of amides is 1. The fourth-order valence-corrected chi connectivity index (χ4v) is 1.52. The molecule has 4 heteroatoms. The maximum Gasteiger partial charge on any atom is 0.237 e. The van der Waals surface area contributed by atoms with Crippen LogP contribution in [-0.2, 0) is 4.79 Å². The topological polar surface area (TPSA) is 75.3 Å². The van der Waals surface area contributed by atoms with E-state index in [0.717, 1.165) is 19.3 Å². The lowest BCUT2D eigenvalue weighted by molar-refractivity contribution is -0.127. The summed E-state index contributed by atoms with van der Waals surface area (Å²) in [6.45, 7) is 0. The monoisotopic (exact) mass is 158 g/mol. The lowest BCUT2D eigenvalue weighted by atomic mass is 9.87. The summed E-state index contributed by atoms with van der Waals surface area (Å²) in [6.07, 6.45) is 2.82. The molecule has 1 amide bonds. The van der Waals surface area contributed by atoms with Gasteiger partial charge in [0.1, 0.15) is 0 Å². The second kappa shape index (κ2) is 3.69. The van der Waals surface area contributed by atoms with Gasteiger partial charge in [-0.2, -0.15) is 0 Å². The highest BCUT2D eigenvalue weighted by atomic mass is 16.3. The SMILES string of the molecule is NNC(=O)C1CCCC(O)C1. The summed E-state index contributed by atoms with van der Waals surface area (Å²) >= 11 is 0. The molecule has 0 aliphatic heterocycles. The minimum Gasteiger partial charge on any atom is -0.393 e. The number of hydrogen-bond donors (Lipinski definition) is 3. The molecule has 4 nitrogen and oxygen atoms in total. The first-order valence-electron chi connectivity index (χ1n) is 3.92. The molecule has 0 aromatic rings. The van der Waals surface area contributed by atoms with Crippen LogP contribution in [0.15, 0.2) is 0 Å². The Morgan fingerprint density at radius 2 is 2.27 bits per heavy atom. The normalized spacial score (nSPS) is 31.5. The number of nitrogens with one attached hydrogen (secondary N) is 1. The van der Waals surface area contributed by atoms with E-state index in [2.05, 4.69) is 5.43 Å². The van der Waals surface area contributed by atoms with Crippen LogP contribution in [0, 0.1) is 5.92 Å². The van der Waals surface area contributed by atoms with E-state index in [1.807, 2.05) is 0 Å². The Labute approximate surface area is 65.7 Å². The molecule has 0 spiro atoms. The molecule has 0 aromatic carbocycles. The zero-order valence-electron chi connectivity index (χ0n) is 6.42. The molecular formula is C7H14N2O2. The quantitative estimate of drug-likeness (QED) is 0.274. The molecule has 1 fully saturated rings. The minimum atomic E-state index is -0.314. The summed E-state index contributed by atoms with van der Waals surface area (Å²) in [5.74, 6) is 4.74. The molecule has 0 bridgehead atoms. The van der Waals surface area contributed by atoms with Crippen molar-refractivity contribution < 1.29 is 9.90 Å². The summed E-state index contributed by atoms with van der Waals surface area (Å²) in [7, 11) is 0. The Hall–Kier alpha value is -0.610. The van der Waals surface area contributed by atoms with Gasteiger partial charge in [0.25, 0.3) is 0 Å². The molecule has 2 unspecified atom stereocenters. The number of rotatable bonds is 1. The molecule has 0 heterocycles. The van der Waals surface area contributed by atoms with Gasteiger partial charge in [0.2, 0.25) is 5.91 Å². The molecule has 1 rings (SSSR count). The molecular weight excluding hydrogens is 144 g/mol. The number of aliphatic hydroxyl groups excluding tert-OH is 1. The predicted molar refractivity (Wildman–Crippen MR) is 40.3 cm³/mol. The third-order valence-electron chi connectivity index (χ3n) is 2.16. The number of hydrogen-bond acceptors (Lipinski definition) is 3. The predicted octanol–water partition coefficient (Wildman–Crippen LogP) is -0.473. The van der Waals surface area contributed by atoms with Gasteiger partial charge in [-0.3, -0.25) is 10.2 Å². The Morgan fingerprint density at radius 1 is 1.55 bits per heavy atom.